The molecule has 0 aliphatic carbocycles. The number of fused-ring (bicyclic) bond motifs is 1. The third-order valence-electron chi connectivity index (χ3n) is 4.42. The fourth-order valence-corrected chi connectivity index (χ4v) is 3.13. The van der Waals surface area contributed by atoms with Crippen LogP contribution in [0.4, 0.5) is 18.9 Å². The Morgan fingerprint density at radius 2 is 1.71 bits per heavy atom. The average molecular weight is 384 g/mol. The Balaban J connectivity index is 1.71. The van der Waals surface area contributed by atoms with E-state index >= 15 is 0 Å². The molecule has 0 unspecified atom stereocenters. The van der Waals surface area contributed by atoms with Gasteiger partial charge in [0.05, 0.1) is 23.0 Å². The van der Waals surface area contributed by atoms with Gasteiger partial charge in [-0.25, -0.2) is 0 Å². The third kappa shape index (κ3) is 3.38. The summed E-state index contributed by atoms with van der Waals surface area (Å²) < 4.78 is 46.7. The first kappa shape index (κ1) is 17.9. The molecule has 4 nitrogen and oxygen atoms in total. The lowest BCUT2D eigenvalue weighted by atomic mass is 10.1. The van der Waals surface area contributed by atoms with E-state index in [0.717, 1.165) is 11.6 Å². The van der Waals surface area contributed by atoms with E-state index in [1.165, 1.54) is 30.5 Å². The van der Waals surface area contributed by atoms with Crippen LogP contribution in [0, 0.1) is 0 Å². The lowest BCUT2D eigenvalue weighted by molar-refractivity contribution is -0.136. The number of para-hydroxylation sites is 1. The maximum Gasteiger partial charge on any atom is 0.418 e. The van der Waals surface area contributed by atoms with Crippen LogP contribution >= 0.6 is 0 Å². The lowest BCUT2D eigenvalue weighted by Crippen LogP contribution is -2.20. The summed E-state index contributed by atoms with van der Waals surface area (Å²) in [5.41, 5.74) is 1.17. The molecule has 0 aliphatic rings. The van der Waals surface area contributed by atoms with Crippen LogP contribution in [0.1, 0.15) is 21.6 Å². The van der Waals surface area contributed by atoms with Gasteiger partial charge >= 0.3 is 6.18 Å². The molecule has 0 atom stereocenters. The van der Waals surface area contributed by atoms with E-state index in [-0.39, 0.29) is 11.4 Å². The predicted octanol–water partition coefficient (Wildman–Crippen LogP) is 5.55. The highest BCUT2D eigenvalue weighted by Crippen LogP contribution is 2.35. The van der Waals surface area contributed by atoms with Gasteiger partial charge in [0.15, 0.2) is 5.58 Å². The zero-order valence-corrected chi connectivity index (χ0v) is 14.5. The molecule has 142 valence electrons. The number of nitrogens with one attached hydrogen (secondary N) is 1. The summed E-state index contributed by atoms with van der Waals surface area (Å²) in [5.74, 6) is -0.640. The Labute approximate surface area is 158 Å². The first-order valence-corrected chi connectivity index (χ1v) is 8.52. The summed E-state index contributed by atoms with van der Waals surface area (Å²) >= 11 is 0. The van der Waals surface area contributed by atoms with Crippen molar-refractivity contribution in [3.63, 3.8) is 0 Å². The zero-order chi connectivity index (χ0) is 19.7. The van der Waals surface area contributed by atoms with Crippen molar-refractivity contribution in [2.75, 3.05) is 5.32 Å². The Kier molecular flexibility index (Phi) is 4.43. The van der Waals surface area contributed by atoms with Crippen molar-refractivity contribution in [2.45, 2.75) is 12.7 Å². The summed E-state index contributed by atoms with van der Waals surface area (Å²) in [5, 5.41) is 2.39. The number of hydrogen-bond acceptors (Lipinski definition) is 2. The molecule has 0 bridgehead atoms. The Morgan fingerprint density at radius 3 is 2.46 bits per heavy atom. The van der Waals surface area contributed by atoms with Gasteiger partial charge in [-0.15, -0.1) is 0 Å². The van der Waals surface area contributed by atoms with E-state index in [1.54, 1.807) is 10.6 Å². The van der Waals surface area contributed by atoms with Crippen molar-refractivity contribution in [2.24, 2.45) is 0 Å². The topological polar surface area (TPSA) is 47.2 Å². The molecule has 0 radical (unpaired) electrons. The number of benzene rings is 2. The van der Waals surface area contributed by atoms with Crippen LogP contribution in [0.25, 0.3) is 11.1 Å². The zero-order valence-electron chi connectivity index (χ0n) is 14.5. The molecule has 28 heavy (non-hydrogen) atoms. The summed E-state index contributed by atoms with van der Waals surface area (Å²) in [7, 11) is 0. The molecule has 7 heteroatoms. The van der Waals surface area contributed by atoms with Gasteiger partial charge < -0.3 is 14.3 Å². The second-order valence-electron chi connectivity index (χ2n) is 6.27. The molecule has 0 aliphatic heterocycles. The SMILES string of the molecule is O=C(Nc1ccccc1C(F)(F)F)c1cc2occc2n1Cc1ccccc1. The van der Waals surface area contributed by atoms with E-state index in [0.29, 0.717) is 17.6 Å². The summed E-state index contributed by atoms with van der Waals surface area (Å²) in [4.78, 5) is 12.8. The van der Waals surface area contributed by atoms with Gasteiger partial charge in [0.1, 0.15) is 5.69 Å². The minimum absolute atomic E-state index is 0.218. The van der Waals surface area contributed by atoms with Gasteiger partial charge in [-0.2, -0.15) is 13.2 Å². The molecule has 0 spiro atoms. The number of rotatable bonds is 4. The molecular formula is C21H15F3N2O2. The smallest absolute Gasteiger partial charge is 0.418 e. The molecule has 0 fully saturated rings. The number of carbonyl (C=O) groups is 1. The number of amides is 1. The summed E-state index contributed by atoms with van der Waals surface area (Å²) in [6, 6.07) is 17.6. The highest BCUT2D eigenvalue weighted by molar-refractivity contribution is 6.06. The predicted molar refractivity (Wildman–Crippen MR) is 99.1 cm³/mol. The largest absolute Gasteiger partial charge is 0.463 e. The van der Waals surface area contributed by atoms with Crippen LogP contribution in [0.2, 0.25) is 0 Å². The Bertz CT molecular complexity index is 1130. The Hall–Kier alpha value is -3.48. The molecular weight excluding hydrogens is 369 g/mol. The van der Waals surface area contributed by atoms with E-state index in [9.17, 15) is 18.0 Å². The summed E-state index contributed by atoms with van der Waals surface area (Å²) in [6.45, 7) is 0.382. The number of halogens is 3. The number of nitrogens with zero attached hydrogens (tertiary/aromatic N) is 1. The van der Waals surface area contributed by atoms with Crippen LogP contribution in [0.3, 0.4) is 0 Å². The van der Waals surface area contributed by atoms with Crippen molar-refractivity contribution in [1.29, 1.82) is 0 Å². The first-order valence-electron chi connectivity index (χ1n) is 8.52. The van der Waals surface area contributed by atoms with Gasteiger partial charge in [-0.1, -0.05) is 42.5 Å². The van der Waals surface area contributed by atoms with Gasteiger partial charge in [0.2, 0.25) is 0 Å². The van der Waals surface area contributed by atoms with Gasteiger partial charge in [0.25, 0.3) is 5.91 Å². The van der Waals surface area contributed by atoms with Gasteiger partial charge in [0, 0.05) is 18.7 Å². The fourth-order valence-electron chi connectivity index (χ4n) is 3.13. The van der Waals surface area contributed by atoms with Crippen LogP contribution in [0.15, 0.2) is 77.4 Å². The van der Waals surface area contributed by atoms with Gasteiger partial charge in [-0.3, -0.25) is 4.79 Å². The minimum Gasteiger partial charge on any atom is -0.463 e. The van der Waals surface area contributed by atoms with E-state index in [4.69, 9.17) is 4.42 Å². The highest BCUT2D eigenvalue weighted by atomic mass is 19.4. The quantitative estimate of drug-likeness (QED) is 0.501. The monoisotopic (exact) mass is 384 g/mol. The maximum atomic E-state index is 13.2. The number of furan rings is 1. The molecule has 0 saturated heterocycles. The Morgan fingerprint density at radius 1 is 1.00 bits per heavy atom. The number of hydrogen-bond donors (Lipinski definition) is 1. The normalized spacial score (nSPS) is 11.7. The average Bonchev–Trinajstić information content (AvgIpc) is 3.25. The van der Waals surface area contributed by atoms with E-state index in [1.807, 2.05) is 30.3 Å². The molecule has 1 N–H and O–H groups in total. The molecule has 1 amide bonds. The minimum atomic E-state index is -4.57. The van der Waals surface area contributed by atoms with Crippen molar-refractivity contribution in [3.8, 4) is 0 Å². The molecule has 0 saturated carbocycles. The number of anilines is 1. The number of carbonyl (C=O) groups excluding carboxylic acids is 1. The first-order chi connectivity index (χ1) is 13.4. The number of alkyl halides is 3. The van der Waals surface area contributed by atoms with Crippen molar-refractivity contribution in [1.82, 2.24) is 4.57 Å². The molecule has 4 rings (SSSR count). The standard InChI is InChI=1S/C21H15F3N2O2/c22-21(23,24)15-8-4-5-9-16(15)25-20(27)18-12-19-17(10-11-28-19)26(18)13-14-6-2-1-3-7-14/h1-12H,13H2,(H,25,27). The van der Waals surface area contributed by atoms with Crippen LogP contribution < -0.4 is 5.32 Å². The number of aromatic nitrogens is 1. The van der Waals surface area contributed by atoms with Crippen molar-refractivity contribution in [3.05, 3.63) is 89.8 Å². The second-order valence-corrected chi connectivity index (χ2v) is 6.27. The summed E-state index contributed by atoms with van der Waals surface area (Å²) in [6.07, 6.45) is -3.06. The van der Waals surface area contributed by atoms with Crippen LogP contribution in [0.5, 0.6) is 0 Å². The molecule has 2 aromatic heterocycles. The van der Waals surface area contributed by atoms with E-state index < -0.39 is 17.6 Å². The lowest BCUT2D eigenvalue weighted by Gasteiger charge is -2.15. The van der Waals surface area contributed by atoms with Crippen LogP contribution in [-0.4, -0.2) is 10.5 Å². The van der Waals surface area contributed by atoms with Crippen molar-refractivity contribution >= 4 is 22.7 Å². The van der Waals surface area contributed by atoms with Gasteiger partial charge in [-0.05, 0) is 17.7 Å². The third-order valence-corrected chi connectivity index (χ3v) is 4.42. The van der Waals surface area contributed by atoms with E-state index in [2.05, 4.69) is 5.32 Å². The van der Waals surface area contributed by atoms with Crippen molar-refractivity contribution < 1.29 is 22.4 Å². The molecule has 2 heterocycles. The molecule has 4 aromatic rings. The maximum absolute atomic E-state index is 13.2. The fraction of sp³-hybridized carbons (Fsp3) is 0.0952. The van der Waals surface area contributed by atoms with Crippen LogP contribution in [-0.2, 0) is 12.7 Å². The second kappa shape index (κ2) is 6.92. The highest BCUT2D eigenvalue weighted by Gasteiger charge is 2.34. The molecule has 2 aromatic carbocycles.